The number of carbonyl (C=O) groups is 1. The molecule has 4 heteroatoms. The van der Waals surface area contributed by atoms with Gasteiger partial charge in [-0.15, -0.1) is 0 Å². The molecule has 1 aliphatic rings. The SMILES string of the molecule is CCOC1CC(Nc2ccc(C)cc2C(=O)OC)C1. The van der Waals surface area contributed by atoms with Crippen molar-refractivity contribution in [2.45, 2.75) is 38.8 Å². The lowest BCUT2D eigenvalue weighted by Gasteiger charge is -2.36. The predicted octanol–water partition coefficient (Wildman–Crippen LogP) is 2.76. The number of aryl methyl sites for hydroxylation is 1. The number of methoxy groups -OCH3 is 1. The summed E-state index contributed by atoms with van der Waals surface area (Å²) in [6, 6.07) is 6.17. The fourth-order valence-corrected chi connectivity index (χ4v) is 2.34. The molecule has 0 spiro atoms. The van der Waals surface area contributed by atoms with Gasteiger partial charge in [-0.2, -0.15) is 0 Å². The summed E-state index contributed by atoms with van der Waals surface area (Å²) in [4.78, 5) is 11.8. The van der Waals surface area contributed by atoms with Crippen LogP contribution >= 0.6 is 0 Å². The third kappa shape index (κ3) is 3.26. The van der Waals surface area contributed by atoms with Gasteiger partial charge < -0.3 is 14.8 Å². The highest BCUT2D eigenvalue weighted by Gasteiger charge is 2.30. The summed E-state index contributed by atoms with van der Waals surface area (Å²) in [5, 5.41) is 3.40. The fraction of sp³-hybridized carbons (Fsp3) is 0.533. The van der Waals surface area contributed by atoms with Crippen LogP contribution in [-0.4, -0.2) is 31.8 Å². The van der Waals surface area contributed by atoms with Crippen molar-refractivity contribution in [2.24, 2.45) is 0 Å². The van der Waals surface area contributed by atoms with Gasteiger partial charge in [-0.05, 0) is 38.8 Å². The van der Waals surface area contributed by atoms with Crippen LogP contribution in [0.15, 0.2) is 18.2 Å². The molecule has 4 nitrogen and oxygen atoms in total. The summed E-state index contributed by atoms with van der Waals surface area (Å²) in [7, 11) is 1.41. The van der Waals surface area contributed by atoms with E-state index in [9.17, 15) is 4.79 Å². The minimum Gasteiger partial charge on any atom is -0.465 e. The van der Waals surface area contributed by atoms with E-state index in [0.29, 0.717) is 17.7 Å². The minimum absolute atomic E-state index is 0.299. The molecule has 1 aromatic carbocycles. The summed E-state index contributed by atoms with van der Waals surface area (Å²) in [6.07, 6.45) is 2.33. The topological polar surface area (TPSA) is 47.6 Å². The number of nitrogens with one attached hydrogen (secondary N) is 1. The van der Waals surface area contributed by atoms with E-state index in [2.05, 4.69) is 5.32 Å². The predicted molar refractivity (Wildman–Crippen MR) is 74.6 cm³/mol. The largest absolute Gasteiger partial charge is 0.465 e. The number of ether oxygens (including phenoxy) is 2. The van der Waals surface area contributed by atoms with E-state index in [0.717, 1.165) is 30.7 Å². The first-order chi connectivity index (χ1) is 9.13. The Morgan fingerprint density at radius 1 is 1.42 bits per heavy atom. The summed E-state index contributed by atoms with van der Waals surface area (Å²) >= 11 is 0. The molecule has 1 aromatic rings. The normalized spacial score (nSPS) is 21.6. The Balaban J connectivity index is 2.02. The van der Waals surface area contributed by atoms with Crippen molar-refractivity contribution in [2.75, 3.05) is 19.0 Å². The highest BCUT2D eigenvalue weighted by Crippen LogP contribution is 2.28. The number of benzene rings is 1. The number of esters is 1. The van der Waals surface area contributed by atoms with Crippen molar-refractivity contribution >= 4 is 11.7 Å². The van der Waals surface area contributed by atoms with Crippen LogP contribution in [0.4, 0.5) is 5.69 Å². The van der Waals surface area contributed by atoms with E-state index in [-0.39, 0.29) is 5.97 Å². The molecule has 0 radical (unpaired) electrons. The third-order valence-corrected chi connectivity index (χ3v) is 3.44. The maximum Gasteiger partial charge on any atom is 0.339 e. The molecule has 19 heavy (non-hydrogen) atoms. The maximum absolute atomic E-state index is 11.8. The number of carbonyl (C=O) groups excluding carboxylic acids is 1. The van der Waals surface area contributed by atoms with Gasteiger partial charge >= 0.3 is 5.97 Å². The van der Waals surface area contributed by atoms with E-state index in [1.807, 2.05) is 32.0 Å². The molecule has 104 valence electrons. The van der Waals surface area contributed by atoms with Crippen LogP contribution in [0.2, 0.25) is 0 Å². The van der Waals surface area contributed by atoms with Crippen molar-refractivity contribution in [3.05, 3.63) is 29.3 Å². The Morgan fingerprint density at radius 3 is 2.79 bits per heavy atom. The Morgan fingerprint density at radius 2 is 2.16 bits per heavy atom. The zero-order valence-electron chi connectivity index (χ0n) is 11.7. The van der Waals surface area contributed by atoms with Gasteiger partial charge in [0.15, 0.2) is 0 Å². The first-order valence-electron chi connectivity index (χ1n) is 6.71. The molecule has 1 aliphatic carbocycles. The average molecular weight is 263 g/mol. The summed E-state index contributed by atoms with van der Waals surface area (Å²) in [6.45, 7) is 4.73. The van der Waals surface area contributed by atoms with Crippen molar-refractivity contribution in [3.63, 3.8) is 0 Å². The molecule has 0 heterocycles. The first-order valence-corrected chi connectivity index (χ1v) is 6.71. The smallest absolute Gasteiger partial charge is 0.339 e. The molecule has 0 atom stereocenters. The van der Waals surface area contributed by atoms with Gasteiger partial charge in [-0.1, -0.05) is 11.6 Å². The van der Waals surface area contributed by atoms with Crippen LogP contribution < -0.4 is 5.32 Å². The highest BCUT2D eigenvalue weighted by molar-refractivity contribution is 5.95. The first kappa shape index (κ1) is 13.9. The van der Waals surface area contributed by atoms with E-state index in [1.165, 1.54) is 7.11 Å². The molecular formula is C15H21NO3. The second kappa shape index (κ2) is 6.06. The third-order valence-electron chi connectivity index (χ3n) is 3.44. The van der Waals surface area contributed by atoms with Crippen molar-refractivity contribution in [1.82, 2.24) is 0 Å². The van der Waals surface area contributed by atoms with Crippen LogP contribution in [0.25, 0.3) is 0 Å². The van der Waals surface area contributed by atoms with Gasteiger partial charge in [0.05, 0.1) is 18.8 Å². The van der Waals surface area contributed by atoms with Gasteiger partial charge in [0.25, 0.3) is 0 Å². The van der Waals surface area contributed by atoms with Gasteiger partial charge in [-0.25, -0.2) is 4.79 Å². The average Bonchev–Trinajstić information content (AvgIpc) is 2.37. The molecule has 0 bridgehead atoms. The van der Waals surface area contributed by atoms with Gasteiger partial charge in [0.1, 0.15) is 0 Å². The van der Waals surface area contributed by atoms with Gasteiger partial charge in [0, 0.05) is 18.3 Å². The number of anilines is 1. The van der Waals surface area contributed by atoms with Gasteiger partial charge in [-0.3, -0.25) is 0 Å². The monoisotopic (exact) mass is 263 g/mol. The molecule has 1 N–H and O–H groups in total. The van der Waals surface area contributed by atoms with Crippen LogP contribution in [-0.2, 0) is 9.47 Å². The Kier molecular flexibility index (Phi) is 4.43. The Labute approximate surface area is 114 Å². The second-order valence-electron chi connectivity index (χ2n) is 4.93. The van der Waals surface area contributed by atoms with E-state index < -0.39 is 0 Å². The minimum atomic E-state index is -0.299. The van der Waals surface area contributed by atoms with Crippen molar-refractivity contribution < 1.29 is 14.3 Å². The molecule has 2 rings (SSSR count). The molecule has 0 aliphatic heterocycles. The molecule has 0 saturated heterocycles. The standard InChI is InChI=1S/C15H21NO3/c1-4-19-12-8-11(9-12)16-14-6-5-10(2)7-13(14)15(17)18-3/h5-7,11-12,16H,4,8-9H2,1-3H3. The van der Waals surface area contributed by atoms with Crippen molar-refractivity contribution in [1.29, 1.82) is 0 Å². The number of rotatable bonds is 5. The lowest BCUT2D eigenvalue weighted by atomic mass is 9.88. The van der Waals surface area contributed by atoms with Crippen molar-refractivity contribution in [3.8, 4) is 0 Å². The maximum atomic E-state index is 11.8. The number of hydrogen-bond donors (Lipinski definition) is 1. The molecule has 0 amide bonds. The molecule has 0 aromatic heterocycles. The lowest BCUT2D eigenvalue weighted by Crippen LogP contribution is -2.41. The molecular weight excluding hydrogens is 242 g/mol. The van der Waals surface area contributed by atoms with Crippen LogP contribution in [0, 0.1) is 6.92 Å². The van der Waals surface area contributed by atoms with Gasteiger partial charge in [0.2, 0.25) is 0 Å². The van der Waals surface area contributed by atoms with Crippen LogP contribution in [0.3, 0.4) is 0 Å². The quantitative estimate of drug-likeness (QED) is 0.830. The zero-order chi connectivity index (χ0) is 13.8. The molecule has 1 saturated carbocycles. The highest BCUT2D eigenvalue weighted by atomic mass is 16.5. The summed E-state index contributed by atoms with van der Waals surface area (Å²) < 4.78 is 10.4. The molecule has 0 unspecified atom stereocenters. The fourth-order valence-electron chi connectivity index (χ4n) is 2.34. The van der Waals surface area contributed by atoms with E-state index >= 15 is 0 Å². The zero-order valence-corrected chi connectivity index (χ0v) is 11.7. The lowest BCUT2D eigenvalue weighted by molar-refractivity contribution is 0.00298. The van der Waals surface area contributed by atoms with E-state index in [1.54, 1.807) is 0 Å². The summed E-state index contributed by atoms with van der Waals surface area (Å²) in [5.41, 5.74) is 2.49. The van der Waals surface area contributed by atoms with Crippen LogP contribution in [0.5, 0.6) is 0 Å². The van der Waals surface area contributed by atoms with Crippen LogP contribution in [0.1, 0.15) is 35.7 Å². The number of hydrogen-bond acceptors (Lipinski definition) is 4. The second-order valence-corrected chi connectivity index (χ2v) is 4.93. The Bertz CT molecular complexity index is 453. The Hall–Kier alpha value is -1.55. The van der Waals surface area contributed by atoms with E-state index in [4.69, 9.17) is 9.47 Å². The summed E-state index contributed by atoms with van der Waals surface area (Å²) in [5.74, 6) is -0.299. The molecule has 1 fully saturated rings.